The van der Waals surface area contributed by atoms with Crippen LogP contribution in [0.25, 0.3) is 0 Å². The van der Waals surface area contributed by atoms with Gasteiger partial charge < -0.3 is 0 Å². The molecule has 1 aliphatic carbocycles. The van der Waals surface area contributed by atoms with E-state index in [4.69, 9.17) is 0 Å². The molecule has 43 heavy (non-hydrogen) atoms. The van der Waals surface area contributed by atoms with Gasteiger partial charge in [-0.1, -0.05) is 165 Å². The van der Waals surface area contributed by atoms with Crippen LogP contribution in [0, 0.1) is 0 Å². The highest BCUT2D eigenvalue weighted by Gasteiger charge is 2.37. The number of hydrogen-bond donors (Lipinski definition) is 0. The van der Waals surface area contributed by atoms with Crippen molar-refractivity contribution in [3.8, 4) is 0 Å². The summed E-state index contributed by atoms with van der Waals surface area (Å²) < 4.78 is 0. The third-order valence-corrected chi connectivity index (χ3v) is 8.27. The molecule has 208 valence electrons. The Morgan fingerprint density at radius 2 is 0.884 bits per heavy atom. The van der Waals surface area contributed by atoms with E-state index in [0.717, 1.165) is 11.1 Å². The topological polar surface area (TPSA) is 51.2 Å². The van der Waals surface area contributed by atoms with Gasteiger partial charge in [0.25, 0.3) is 0 Å². The minimum atomic E-state index is -0.514. The predicted molar refractivity (Wildman–Crippen MR) is 171 cm³/mol. The van der Waals surface area contributed by atoms with E-state index in [1.54, 1.807) is 0 Å². The molecule has 3 heteroatoms. The first-order chi connectivity index (χ1) is 20.9. The van der Waals surface area contributed by atoms with Crippen LogP contribution < -0.4 is 0 Å². The van der Waals surface area contributed by atoms with E-state index in [-0.39, 0.29) is 23.3 Å². The summed E-state index contributed by atoms with van der Waals surface area (Å²) in [6.45, 7) is 2.14. The third-order valence-electron chi connectivity index (χ3n) is 8.27. The van der Waals surface area contributed by atoms with E-state index >= 15 is 0 Å². The molecule has 0 fully saturated rings. The van der Waals surface area contributed by atoms with E-state index in [1.807, 2.05) is 152 Å². The Labute approximate surface area is 251 Å². The lowest BCUT2D eigenvalue weighted by Gasteiger charge is -2.37. The molecule has 2 atom stereocenters. The van der Waals surface area contributed by atoms with Gasteiger partial charge in [-0.05, 0) is 11.1 Å². The molecular formula is C40H30O3. The van der Waals surface area contributed by atoms with Gasteiger partial charge in [-0.15, -0.1) is 0 Å². The zero-order valence-electron chi connectivity index (χ0n) is 23.8. The van der Waals surface area contributed by atoms with E-state index in [1.165, 1.54) is 0 Å². The number of carbonyl (C=O) groups is 3. The van der Waals surface area contributed by atoms with Crippen molar-refractivity contribution in [2.45, 2.75) is 18.3 Å². The fraction of sp³-hybridized carbons (Fsp3) is 0.0750. The molecule has 1 aliphatic rings. The Morgan fingerprint density at radius 3 is 1.35 bits per heavy atom. The maximum Gasteiger partial charge on any atom is 0.193 e. The first kappa shape index (κ1) is 27.7. The van der Waals surface area contributed by atoms with E-state index in [2.05, 4.69) is 13.0 Å². The van der Waals surface area contributed by atoms with Crippen LogP contribution in [0.1, 0.15) is 66.2 Å². The van der Waals surface area contributed by atoms with E-state index in [0.29, 0.717) is 33.4 Å². The van der Waals surface area contributed by atoms with Gasteiger partial charge in [0.05, 0.1) is 0 Å². The van der Waals surface area contributed by atoms with Gasteiger partial charge in [0.2, 0.25) is 0 Å². The number of ketones is 3. The molecule has 0 radical (unpaired) electrons. The molecule has 0 aromatic heterocycles. The van der Waals surface area contributed by atoms with Crippen LogP contribution in [-0.4, -0.2) is 17.3 Å². The zero-order chi connectivity index (χ0) is 29.8. The van der Waals surface area contributed by atoms with Crippen LogP contribution in [0.3, 0.4) is 0 Å². The van der Waals surface area contributed by atoms with Gasteiger partial charge in [-0.25, -0.2) is 0 Å². The molecule has 5 aromatic rings. The molecule has 6 rings (SSSR count). The fourth-order valence-electron chi connectivity index (χ4n) is 5.74. The molecule has 0 spiro atoms. The second kappa shape index (κ2) is 11.8. The van der Waals surface area contributed by atoms with Crippen molar-refractivity contribution in [2.24, 2.45) is 0 Å². The number of carbonyl (C=O) groups excluding carboxylic acids is 3. The maximum atomic E-state index is 13.5. The van der Waals surface area contributed by atoms with Crippen molar-refractivity contribution in [1.82, 2.24) is 0 Å². The smallest absolute Gasteiger partial charge is 0.193 e. The van der Waals surface area contributed by atoms with Crippen molar-refractivity contribution in [3.63, 3.8) is 0 Å². The molecule has 3 nitrogen and oxygen atoms in total. The summed E-state index contributed by atoms with van der Waals surface area (Å²) in [5.74, 6) is -0.296. The van der Waals surface area contributed by atoms with Crippen LogP contribution in [0.4, 0.5) is 0 Å². The average Bonchev–Trinajstić information content (AvgIpc) is 3.09. The van der Waals surface area contributed by atoms with Crippen LogP contribution >= 0.6 is 0 Å². The molecule has 5 aromatic carbocycles. The minimum Gasteiger partial charge on any atom is -0.289 e. The Morgan fingerprint density at radius 1 is 0.488 bits per heavy atom. The van der Waals surface area contributed by atoms with Crippen LogP contribution in [-0.2, 0) is 5.41 Å². The van der Waals surface area contributed by atoms with Gasteiger partial charge in [0, 0.05) is 44.7 Å². The predicted octanol–water partition coefficient (Wildman–Crippen LogP) is 8.57. The van der Waals surface area contributed by atoms with Crippen molar-refractivity contribution in [3.05, 3.63) is 202 Å². The summed E-state index contributed by atoms with van der Waals surface area (Å²) in [7, 11) is 0. The normalized spacial score (nSPS) is 17.6. The number of benzene rings is 5. The monoisotopic (exact) mass is 558 g/mol. The molecule has 0 bridgehead atoms. The Hall–Kier alpha value is -5.41. The summed E-state index contributed by atoms with van der Waals surface area (Å²) in [6, 6.07) is 43.2. The fourth-order valence-corrected chi connectivity index (χ4v) is 5.74. The zero-order valence-corrected chi connectivity index (χ0v) is 23.8. The van der Waals surface area contributed by atoms with Crippen LogP contribution in [0.15, 0.2) is 163 Å². The lowest BCUT2D eigenvalue weighted by Crippen LogP contribution is -2.30. The lowest BCUT2D eigenvalue weighted by atomic mass is 9.65. The second-order valence-corrected chi connectivity index (χ2v) is 11.0. The molecule has 0 saturated heterocycles. The van der Waals surface area contributed by atoms with Gasteiger partial charge in [0.1, 0.15) is 0 Å². The summed E-state index contributed by atoms with van der Waals surface area (Å²) in [5.41, 5.74) is 5.26. The standard InChI is InChI=1S/C40H30O3/c1-40(35-23-21-33(22-24-35)38(42)30-13-7-3-8-14-30)26-25-34(39(43)31-15-9-4-10-16-31)27-36(40)28-17-19-32(20-18-28)37(41)29-11-5-2-6-12-29/h2-27,36H,1H3. The van der Waals surface area contributed by atoms with E-state index < -0.39 is 5.41 Å². The van der Waals surface area contributed by atoms with Crippen molar-refractivity contribution >= 4 is 17.3 Å². The highest BCUT2D eigenvalue weighted by Crippen LogP contribution is 2.45. The van der Waals surface area contributed by atoms with Gasteiger partial charge in [-0.3, -0.25) is 14.4 Å². The Kier molecular flexibility index (Phi) is 7.63. The van der Waals surface area contributed by atoms with Gasteiger partial charge >= 0.3 is 0 Å². The number of hydrogen-bond acceptors (Lipinski definition) is 3. The Bertz CT molecular complexity index is 1830. The van der Waals surface area contributed by atoms with Crippen LogP contribution in [0.2, 0.25) is 0 Å². The molecule has 2 unspecified atom stereocenters. The second-order valence-electron chi connectivity index (χ2n) is 11.0. The lowest BCUT2D eigenvalue weighted by molar-refractivity contribution is 0.102. The highest BCUT2D eigenvalue weighted by atomic mass is 16.1. The quantitative estimate of drug-likeness (QED) is 0.179. The van der Waals surface area contributed by atoms with Crippen molar-refractivity contribution in [1.29, 1.82) is 0 Å². The van der Waals surface area contributed by atoms with Crippen molar-refractivity contribution in [2.75, 3.05) is 0 Å². The van der Waals surface area contributed by atoms with Gasteiger partial charge in [0.15, 0.2) is 17.3 Å². The summed E-state index contributed by atoms with van der Waals surface area (Å²) in [4.78, 5) is 39.6. The summed E-state index contributed by atoms with van der Waals surface area (Å²) in [5, 5.41) is 0. The average molecular weight is 559 g/mol. The molecule has 0 N–H and O–H groups in total. The maximum absolute atomic E-state index is 13.5. The molecule has 0 amide bonds. The SMILES string of the molecule is CC1(c2ccc(C(=O)c3ccccc3)cc2)C=CC(C(=O)c2ccccc2)=CC1c1ccc(C(=O)c2ccccc2)cc1. The molecular weight excluding hydrogens is 528 g/mol. The van der Waals surface area contributed by atoms with Crippen molar-refractivity contribution < 1.29 is 14.4 Å². The van der Waals surface area contributed by atoms with Crippen LogP contribution in [0.5, 0.6) is 0 Å². The Balaban J connectivity index is 1.37. The number of rotatable bonds is 8. The summed E-state index contributed by atoms with van der Waals surface area (Å²) in [6.07, 6.45) is 6.03. The molecule has 0 aliphatic heterocycles. The van der Waals surface area contributed by atoms with E-state index in [9.17, 15) is 14.4 Å². The minimum absolute atomic E-state index is 0.0256. The van der Waals surface area contributed by atoms with Gasteiger partial charge in [-0.2, -0.15) is 0 Å². The highest BCUT2D eigenvalue weighted by molar-refractivity contribution is 6.11. The first-order valence-corrected chi connectivity index (χ1v) is 14.3. The number of Topliss-reactive ketones (excluding diaryl/α,β-unsaturated/α-hetero) is 1. The largest absolute Gasteiger partial charge is 0.289 e. The summed E-state index contributed by atoms with van der Waals surface area (Å²) >= 11 is 0. The molecule has 0 heterocycles. The third kappa shape index (κ3) is 5.58. The molecule has 0 saturated carbocycles. The number of allylic oxidation sites excluding steroid dienone is 4. The first-order valence-electron chi connectivity index (χ1n) is 14.3.